The summed E-state index contributed by atoms with van der Waals surface area (Å²) in [7, 11) is 1.83. The molecule has 142 valence electrons. The molecule has 0 saturated carbocycles. The highest BCUT2D eigenvalue weighted by atomic mass is 127. The first-order valence-electron chi connectivity index (χ1n) is 8.92. The van der Waals surface area contributed by atoms with Crippen LogP contribution in [0.15, 0.2) is 22.5 Å². The standard InChI is InChI=1S/C18H30N4OS.HI/c1-18(2,16-7-5-9-24-16)13-21-17(19-3)20-10-15-11-22-8-4-6-14(22)12-23-15;/h5,7,9,14-15H,4,6,8,10-13H2,1-3H3,(H2,19,20,21);1H. The summed E-state index contributed by atoms with van der Waals surface area (Å²) >= 11 is 1.81. The zero-order valence-electron chi connectivity index (χ0n) is 15.5. The van der Waals surface area contributed by atoms with Crippen molar-refractivity contribution in [2.24, 2.45) is 4.99 Å². The van der Waals surface area contributed by atoms with Crippen molar-refractivity contribution in [3.63, 3.8) is 0 Å². The molecule has 0 spiro atoms. The van der Waals surface area contributed by atoms with Gasteiger partial charge in [0, 0.05) is 43.0 Å². The number of nitrogens with zero attached hydrogens (tertiary/aromatic N) is 2. The molecule has 3 rings (SSSR count). The van der Waals surface area contributed by atoms with Crippen LogP contribution in [-0.2, 0) is 10.2 Å². The van der Waals surface area contributed by atoms with Crippen molar-refractivity contribution in [3.05, 3.63) is 22.4 Å². The Kier molecular flexibility index (Phi) is 7.97. The lowest BCUT2D eigenvalue weighted by atomic mass is 9.91. The van der Waals surface area contributed by atoms with Crippen LogP contribution in [0.1, 0.15) is 31.6 Å². The third-order valence-corrected chi connectivity index (χ3v) is 6.30. The number of halogens is 1. The van der Waals surface area contributed by atoms with Crippen molar-refractivity contribution in [1.82, 2.24) is 15.5 Å². The Morgan fingerprint density at radius 2 is 2.28 bits per heavy atom. The number of fused-ring (bicyclic) bond motifs is 1. The van der Waals surface area contributed by atoms with E-state index in [1.807, 2.05) is 18.4 Å². The summed E-state index contributed by atoms with van der Waals surface area (Å²) < 4.78 is 6.01. The number of rotatable bonds is 5. The average molecular weight is 478 g/mol. The number of ether oxygens (including phenoxy) is 1. The van der Waals surface area contributed by atoms with E-state index >= 15 is 0 Å². The van der Waals surface area contributed by atoms with Crippen LogP contribution in [0.3, 0.4) is 0 Å². The zero-order valence-corrected chi connectivity index (χ0v) is 18.6. The van der Waals surface area contributed by atoms with Gasteiger partial charge in [0.25, 0.3) is 0 Å². The molecule has 25 heavy (non-hydrogen) atoms. The maximum atomic E-state index is 6.01. The van der Waals surface area contributed by atoms with E-state index in [9.17, 15) is 0 Å². The molecule has 2 saturated heterocycles. The van der Waals surface area contributed by atoms with Gasteiger partial charge < -0.3 is 15.4 Å². The van der Waals surface area contributed by atoms with Crippen LogP contribution in [0, 0.1) is 0 Å². The van der Waals surface area contributed by atoms with E-state index in [1.165, 1.54) is 24.3 Å². The second kappa shape index (κ2) is 9.53. The van der Waals surface area contributed by atoms with E-state index in [0.717, 1.165) is 32.2 Å². The van der Waals surface area contributed by atoms with Crippen LogP contribution < -0.4 is 10.6 Å². The minimum absolute atomic E-state index is 0. The lowest BCUT2D eigenvalue weighted by Gasteiger charge is -2.35. The first-order valence-corrected chi connectivity index (χ1v) is 9.80. The first-order chi connectivity index (χ1) is 11.6. The Labute approximate surface area is 172 Å². The Hall–Kier alpha value is -0.380. The van der Waals surface area contributed by atoms with Crippen molar-refractivity contribution in [2.75, 3.05) is 39.8 Å². The monoisotopic (exact) mass is 478 g/mol. The summed E-state index contributed by atoms with van der Waals surface area (Å²) in [6, 6.07) is 4.97. The molecule has 0 aromatic carbocycles. The smallest absolute Gasteiger partial charge is 0.191 e. The molecule has 0 bridgehead atoms. The second-order valence-corrected chi connectivity index (χ2v) is 8.36. The molecule has 0 radical (unpaired) electrons. The Morgan fingerprint density at radius 1 is 1.44 bits per heavy atom. The summed E-state index contributed by atoms with van der Waals surface area (Å²) in [6.45, 7) is 9.33. The van der Waals surface area contributed by atoms with E-state index in [0.29, 0.717) is 6.04 Å². The van der Waals surface area contributed by atoms with Crippen LogP contribution in [-0.4, -0.2) is 62.8 Å². The first kappa shape index (κ1) is 20.9. The van der Waals surface area contributed by atoms with E-state index in [1.54, 1.807) is 0 Å². The third kappa shape index (κ3) is 5.55. The highest BCUT2D eigenvalue weighted by Gasteiger charge is 2.32. The molecule has 2 atom stereocenters. The van der Waals surface area contributed by atoms with Crippen molar-refractivity contribution in [2.45, 2.75) is 44.2 Å². The molecule has 1 aromatic heterocycles. The maximum absolute atomic E-state index is 6.01. The third-order valence-electron chi connectivity index (χ3n) is 5.07. The van der Waals surface area contributed by atoms with Crippen molar-refractivity contribution in [1.29, 1.82) is 0 Å². The molecule has 2 aliphatic heterocycles. The van der Waals surface area contributed by atoms with Gasteiger partial charge in [-0.2, -0.15) is 0 Å². The summed E-state index contributed by atoms with van der Waals surface area (Å²) in [4.78, 5) is 8.32. The van der Waals surface area contributed by atoms with Gasteiger partial charge in [0.2, 0.25) is 0 Å². The predicted molar refractivity (Wildman–Crippen MR) is 116 cm³/mol. The average Bonchev–Trinajstić information content (AvgIpc) is 3.26. The van der Waals surface area contributed by atoms with Crippen LogP contribution >= 0.6 is 35.3 Å². The number of hydrogen-bond acceptors (Lipinski definition) is 4. The summed E-state index contributed by atoms with van der Waals surface area (Å²) in [6.07, 6.45) is 2.86. The fourth-order valence-electron chi connectivity index (χ4n) is 3.50. The fraction of sp³-hybridized carbons (Fsp3) is 0.722. The molecule has 2 N–H and O–H groups in total. The molecule has 0 amide bonds. The molecule has 7 heteroatoms. The van der Waals surface area contributed by atoms with Gasteiger partial charge in [0.1, 0.15) is 0 Å². The number of thiophene rings is 1. The van der Waals surface area contributed by atoms with Gasteiger partial charge in [0.15, 0.2) is 5.96 Å². The Balaban J connectivity index is 0.00000225. The molecular formula is C18H31IN4OS. The molecule has 2 aliphatic rings. The molecule has 3 heterocycles. The van der Waals surface area contributed by atoms with Crippen molar-refractivity contribution < 1.29 is 4.74 Å². The van der Waals surface area contributed by atoms with Gasteiger partial charge in [-0.3, -0.25) is 9.89 Å². The maximum Gasteiger partial charge on any atom is 0.191 e. The van der Waals surface area contributed by atoms with Crippen molar-refractivity contribution >= 4 is 41.3 Å². The van der Waals surface area contributed by atoms with Crippen LogP contribution in [0.4, 0.5) is 0 Å². The SMILES string of the molecule is CN=C(NCC1CN2CCCC2CO1)NCC(C)(C)c1cccs1.I. The topological polar surface area (TPSA) is 48.9 Å². The Morgan fingerprint density at radius 3 is 3.00 bits per heavy atom. The van der Waals surface area contributed by atoms with Gasteiger partial charge in [-0.1, -0.05) is 19.9 Å². The van der Waals surface area contributed by atoms with E-state index in [4.69, 9.17) is 4.74 Å². The number of aliphatic imine (C=N–C) groups is 1. The summed E-state index contributed by atoms with van der Waals surface area (Å²) in [5.74, 6) is 0.853. The highest BCUT2D eigenvalue weighted by Crippen LogP contribution is 2.26. The van der Waals surface area contributed by atoms with Gasteiger partial charge in [-0.15, -0.1) is 35.3 Å². The van der Waals surface area contributed by atoms with Gasteiger partial charge in [0.05, 0.1) is 12.7 Å². The lowest BCUT2D eigenvalue weighted by molar-refractivity contribution is -0.0453. The van der Waals surface area contributed by atoms with E-state index in [2.05, 4.69) is 51.9 Å². The molecule has 1 aromatic rings. The number of nitrogens with one attached hydrogen (secondary N) is 2. The molecule has 2 unspecified atom stereocenters. The zero-order chi connectivity index (χ0) is 17.0. The molecule has 5 nitrogen and oxygen atoms in total. The van der Waals surface area contributed by atoms with Gasteiger partial charge >= 0.3 is 0 Å². The molecule has 0 aliphatic carbocycles. The largest absolute Gasteiger partial charge is 0.373 e. The summed E-state index contributed by atoms with van der Waals surface area (Å²) in [5, 5.41) is 9.02. The van der Waals surface area contributed by atoms with Crippen molar-refractivity contribution in [3.8, 4) is 0 Å². The fourth-order valence-corrected chi connectivity index (χ4v) is 4.35. The quantitative estimate of drug-likeness (QED) is 0.388. The molecular weight excluding hydrogens is 447 g/mol. The number of hydrogen-bond donors (Lipinski definition) is 2. The predicted octanol–water partition coefficient (Wildman–Crippen LogP) is 2.67. The summed E-state index contributed by atoms with van der Waals surface area (Å²) in [5.41, 5.74) is 0.0932. The number of morpholine rings is 1. The van der Waals surface area contributed by atoms with E-state index < -0.39 is 0 Å². The van der Waals surface area contributed by atoms with Crippen LogP contribution in [0.2, 0.25) is 0 Å². The normalized spacial score (nSPS) is 24.5. The van der Waals surface area contributed by atoms with E-state index in [-0.39, 0.29) is 35.5 Å². The van der Waals surface area contributed by atoms with Gasteiger partial charge in [-0.25, -0.2) is 0 Å². The minimum Gasteiger partial charge on any atom is -0.373 e. The highest BCUT2D eigenvalue weighted by molar-refractivity contribution is 14.0. The molecule has 2 fully saturated rings. The minimum atomic E-state index is 0. The Bertz CT molecular complexity index is 549. The van der Waals surface area contributed by atoms with Crippen LogP contribution in [0.5, 0.6) is 0 Å². The lowest BCUT2D eigenvalue weighted by Crippen LogP contribution is -2.52. The van der Waals surface area contributed by atoms with Gasteiger partial charge in [-0.05, 0) is 30.8 Å². The second-order valence-electron chi connectivity index (χ2n) is 7.41. The number of guanidine groups is 1. The van der Waals surface area contributed by atoms with Crippen LogP contribution in [0.25, 0.3) is 0 Å².